The molecule has 25 heavy (non-hydrogen) atoms. The van der Waals surface area contributed by atoms with Gasteiger partial charge in [-0.2, -0.15) is 0 Å². The van der Waals surface area contributed by atoms with Crippen LogP contribution in [0.25, 0.3) is 11.0 Å². The fourth-order valence-corrected chi connectivity index (χ4v) is 3.71. The van der Waals surface area contributed by atoms with Gasteiger partial charge in [0.2, 0.25) is 5.91 Å². The molecule has 2 aromatic carbocycles. The van der Waals surface area contributed by atoms with Crippen LogP contribution in [0.5, 0.6) is 0 Å². The molecule has 0 fully saturated rings. The molecule has 0 bridgehead atoms. The summed E-state index contributed by atoms with van der Waals surface area (Å²) in [6, 6.07) is 12.6. The van der Waals surface area contributed by atoms with E-state index in [0.717, 1.165) is 29.4 Å². The lowest BCUT2D eigenvalue weighted by atomic mass is 10.0. The van der Waals surface area contributed by atoms with Crippen LogP contribution in [0.1, 0.15) is 34.2 Å². The van der Waals surface area contributed by atoms with Gasteiger partial charge in [-0.05, 0) is 60.6 Å². The number of hydrogen-bond donors (Lipinski definition) is 0. The van der Waals surface area contributed by atoms with Crippen molar-refractivity contribution in [1.29, 1.82) is 0 Å². The molecule has 128 valence electrons. The fraction of sp³-hybridized carbons (Fsp3) is 0.318. The number of carbonyl (C=O) groups excluding carboxylic acids is 1. The Labute approximate surface area is 148 Å². The Morgan fingerprint density at radius 3 is 2.68 bits per heavy atom. The molecule has 0 spiro atoms. The first-order valence-corrected chi connectivity index (χ1v) is 8.92. The van der Waals surface area contributed by atoms with Gasteiger partial charge in [-0.3, -0.25) is 4.79 Å². The van der Waals surface area contributed by atoms with E-state index < -0.39 is 0 Å². The number of carbonyl (C=O) groups is 1. The zero-order valence-corrected chi connectivity index (χ0v) is 14.8. The number of benzene rings is 2. The molecule has 1 aromatic heterocycles. The number of aryl methyl sites for hydroxylation is 3. The number of furan rings is 1. The number of likely N-dealkylation sites (N-methyl/N-ethyl adjacent to an activating group) is 1. The van der Waals surface area contributed by atoms with E-state index in [-0.39, 0.29) is 5.91 Å². The predicted octanol–water partition coefficient (Wildman–Crippen LogP) is 4.43. The topological polar surface area (TPSA) is 33.5 Å². The second-order valence-corrected chi connectivity index (χ2v) is 7.08. The normalized spacial score (nSPS) is 13.2. The molecule has 0 aliphatic heterocycles. The molecule has 0 atom stereocenters. The van der Waals surface area contributed by atoms with E-state index in [1.807, 2.05) is 19.2 Å². The van der Waals surface area contributed by atoms with E-state index in [2.05, 4.69) is 31.2 Å². The molecule has 1 aliphatic rings. The van der Waals surface area contributed by atoms with Gasteiger partial charge in [-0.25, -0.2) is 0 Å². The second kappa shape index (κ2) is 6.40. The molecule has 1 amide bonds. The van der Waals surface area contributed by atoms with E-state index in [0.29, 0.717) is 13.0 Å². The van der Waals surface area contributed by atoms with E-state index in [4.69, 9.17) is 4.42 Å². The smallest absolute Gasteiger partial charge is 0.227 e. The first-order chi connectivity index (χ1) is 12.1. The number of hydrogen-bond acceptors (Lipinski definition) is 2. The van der Waals surface area contributed by atoms with Crippen LogP contribution >= 0.6 is 0 Å². The highest BCUT2D eigenvalue weighted by Crippen LogP contribution is 2.30. The second-order valence-electron chi connectivity index (χ2n) is 7.08. The molecule has 0 N–H and O–H groups in total. The number of fused-ring (bicyclic) bond motifs is 2. The Morgan fingerprint density at radius 1 is 1.12 bits per heavy atom. The Hall–Kier alpha value is -2.55. The molecule has 1 aliphatic carbocycles. The Morgan fingerprint density at radius 2 is 1.88 bits per heavy atom. The van der Waals surface area contributed by atoms with Gasteiger partial charge in [0.1, 0.15) is 5.58 Å². The van der Waals surface area contributed by atoms with Crippen LogP contribution < -0.4 is 0 Å². The molecule has 0 saturated heterocycles. The Kier molecular flexibility index (Phi) is 4.08. The summed E-state index contributed by atoms with van der Waals surface area (Å²) in [6.45, 7) is 2.72. The van der Waals surface area contributed by atoms with Crippen molar-refractivity contribution in [2.24, 2.45) is 0 Å². The largest absolute Gasteiger partial charge is 0.464 e. The van der Waals surface area contributed by atoms with Crippen LogP contribution in [0, 0.1) is 6.92 Å². The first-order valence-electron chi connectivity index (χ1n) is 8.92. The summed E-state index contributed by atoms with van der Waals surface area (Å²) >= 11 is 0. The van der Waals surface area contributed by atoms with Crippen LogP contribution in [-0.4, -0.2) is 17.9 Å². The molecule has 1 heterocycles. The molecule has 3 heteroatoms. The zero-order chi connectivity index (χ0) is 17.4. The minimum atomic E-state index is 0.117. The lowest BCUT2D eigenvalue weighted by molar-refractivity contribution is -0.129. The maximum Gasteiger partial charge on any atom is 0.227 e. The third-order valence-electron chi connectivity index (χ3n) is 5.30. The van der Waals surface area contributed by atoms with Crippen LogP contribution in [-0.2, 0) is 30.6 Å². The van der Waals surface area contributed by atoms with Crippen molar-refractivity contribution in [3.05, 3.63) is 70.5 Å². The summed E-state index contributed by atoms with van der Waals surface area (Å²) in [6.07, 6.45) is 5.62. The minimum absolute atomic E-state index is 0.117. The summed E-state index contributed by atoms with van der Waals surface area (Å²) in [5.41, 5.74) is 7.11. The molecule has 0 radical (unpaired) electrons. The number of amides is 1. The van der Waals surface area contributed by atoms with Gasteiger partial charge in [0.25, 0.3) is 0 Å². The molecular formula is C22H23NO2. The average molecular weight is 333 g/mol. The zero-order valence-electron chi connectivity index (χ0n) is 14.8. The van der Waals surface area contributed by atoms with Gasteiger partial charge in [0.05, 0.1) is 12.7 Å². The third-order valence-corrected chi connectivity index (χ3v) is 5.30. The van der Waals surface area contributed by atoms with Crippen LogP contribution in [0.3, 0.4) is 0 Å². The van der Waals surface area contributed by atoms with Crippen LogP contribution in [0.4, 0.5) is 0 Å². The highest BCUT2D eigenvalue weighted by molar-refractivity contribution is 5.88. The minimum Gasteiger partial charge on any atom is -0.464 e. The average Bonchev–Trinajstić information content (AvgIpc) is 3.21. The summed E-state index contributed by atoms with van der Waals surface area (Å²) in [5, 5.41) is 1.10. The van der Waals surface area contributed by atoms with Crippen molar-refractivity contribution in [1.82, 2.24) is 4.90 Å². The highest BCUT2D eigenvalue weighted by Gasteiger charge is 2.18. The lowest BCUT2D eigenvalue weighted by Crippen LogP contribution is -2.27. The molecule has 0 unspecified atom stereocenters. The third kappa shape index (κ3) is 3.07. The Bertz CT molecular complexity index is 938. The lowest BCUT2D eigenvalue weighted by Gasteiger charge is -2.18. The predicted molar refractivity (Wildman–Crippen MR) is 99.6 cm³/mol. The molecule has 3 nitrogen and oxygen atoms in total. The van der Waals surface area contributed by atoms with Gasteiger partial charge in [-0.15, -0.1) is 0 Å². The molecule has 0 saturated carbocycles. The van der Waals surface area contributed by atoms with Crippen molar-refractivity contribution >= 4 is 16.9 Å². The SMILES string of the molecule is Cc1ccccc1CN(C)C(=O)Cc1coc2cc3c(cc12)CCC3. The van der Waals surface area contributed by atoms with Crippen molar-refractivity contribution in [3.8, 4) is 0 Å². The number of nitrogens with zero attached hydrogens (tertiary/aromatic N) is 1. The molecular weight excluding hydrogens is 310 g/mol. The quantitative estimate of drug-likeness (QED) is 0.707. The van der Waals surface area contributed by atoms with Gasteiger partial charge in [0, 0.05) is 24.5 Å². The van der Waals surface area contributed by atoms with E-state index in [9.17, 15) is 4.79 Å². The van der Waals surface area contributed by atoms with Crippen LogP contribution in [0.15, 0.2) is 47.1 Å². The maximum absolute atomic E-state index is 12.7. The van der Waals surface area contributed by atoms with E-state index in [1.54, 1.807) is 11.2 Å². The van der Waals surface area contributed by atoms with Crippen molar-refractivity contribution in [2.75, 3.05) is 7.05 Å². The summed E-state index contributed by atoms with van der Waals surface area (Å²) < 4.78 is 5.72. The highest BCUT2D eigenvalue weighted by atomic mass is 16.3. The Balaban J connectivity index is 1.52. The maximum atomic E-state index is 12.7. The van der Waals surface area contributed by atoms with Gasteiger partial charge in [-0.1, -0.05) is 24.3 Å². The molecule has 4 rings (SSSR count). The van der Waals surface area contributed by atoms with Crippen molar-refractivity contribution in [2.45, 2.75) is 39.2 Å². The summed E-state index contributed by atoms with van der Waals surface area (Å²) in [5.74, 6) is 0.117. The first kappa shape index (κ1) is 15.9. The van der Waals surface area contributed by atoms with Gasteiger partial charge in [0.15, 0.2) is 0 Å². The summed E-state index contributed by atoms with van der Waals surface area (Å²) in [4.78, 5) is 14.5. The standard InChI is InChI=1S/C22H23NO2/c1-15-6-3-4-7-18(15)13-23(2)22(24)12-19-14-25-21-11-17-9-5-8-16(17)10-20(19)21/h3-4,6-7,10-11,14H,5,8-9,12-13H2,1-2H3. The van der Waals surface area contributed by atoms with Gasteiger partial charge >= 0.3 is 0 Å². The fourth-order valence-electron chi connectivity index (χ4n) is 3.71. The van der Waals surface area contributed by atoms with Gasteiger partial charge < -0.3 is 9.32 Å². The monoisotopic (exact) mass is 333 g/mol. The number of rotatable bonds is 4. The summed E-state index contributed by atoms with van der Waals surface area (Å²) in [7, 11) is 1.87. The van der Waals surface area contributed by atoms with E-state index in [1.165, 1.54) is 28.7 Å². The van der Waals surface area contributed by atoms with Crippen molar-refractivity contribution in [3.63, 3.8) is 0 Å². The van der Waals surface area contributed by atoms with Crippen molar-refractivity contribution < 1.29 is 9.21 Å². The van der Waals surface area contributed by atoms with E-state index >= 15 is 0 Å². The molecule has 3 aromatic rings. The van der Waals surface area contributed by atoms with Crippen LogP contribution in [0.2, 0.25) is 0 Å².